The highest BCUT2D eigenvalue weighted by Gasteiger charge is 2.00. The van der Waals surface area contributed by atoms with Crippen LogP contribution in [-0.4, -0.2) is 16.8 Å². The van der Waals surface area contributed by atoms with Gasteiger partial charge in [0.25, 0.3) is 0 Å². The molecule has 3 heteroatoms. The Hall–Kier alpha value is -2.00. The van der Waals surface area contributed by atoms with E-state index in [-0.39, 0.29) is 11.5 Å². The van der Waals surface area contributed by atoms with E-state index in [4.69, 9.17) is 0 Å². The Balaban J connectivity index is 1.79. The molecule has 0 aliphatic heterocycles. The van der Waals surface area contributed by atoms with E-state index < -0.39 is 0 Å². The lowest BCUT2D eigenvalue weighted by molar-refractivity contribution is 0.403. The minimum atomic E-state index is -0.0801. The van der Waals surface area contributed by atoms with Crippen molar-refractivity contribution in [1.29, 1.82) is 0 Å². The second-order valence-electron chi connectivity index (χ2n) is 4.74. The fourth-order valence-corrected chi connectivity index (χ4v) is 2.01. The summed E-state index contributed by atoms with van der Waals surface area (Å²) in [5.41, 5.74) is 3.56. The fourth-order valence-electron chi connectivity index (χ4n) is 2.01. The molecule has 0 aliphatic rings. The zero-order valence-corrected chi connectivity index (χ0v) is 11.1. The smallest absolute Gasteiger partial charge is 0.157 e. The van der Waals surface area contributed by atoms with Gasteiger partial charge in [0.15, 0.2) is 11.5 Å². The van der Waals surface area contributed by atoms with Gasteiger partial charge < -0.3 is 15.5 Å². The molecular formula is C16H19NO2. The number of hydrogen-bond donors (Lipinski definition) is 3. The molecule has 0 bridgehead atoms. The van der Waals surface area contributed by atoms with Crippen LogP contribution in [0.3, 0.4) is 0 Å². The van der Waals surface area contributed by atoms with Crippen molar-refractivity contribution in [2.45, 2.75) is 19.9 Å². The van der Waals surface area contributed by atoms with Crippen molar-refractivity contribution in [2.75, 3.05) is 6.54 Å². The first kappa shape index (κ1) is 13.4. The summed E-state index contributed by atoms with van der Waals surface area (Å²) in [7, 11) is 0. The molecule has 0 aromatic heterocycles. The molecule has 0 spiro atoms. The molecule has 2 rings (SSSR count). The summed E-state index contributed by atoms with van der Waals surface area (Å²) in [5.74, 6) is -0.151. The lowest BCUT2D eigenvalue weighted by Crippen LogP contribution is -2.16. The van der Waals surface area contributed by atoms with Gasteiger partial charge >= 0.3 is 0 Å². The average molecular weight is 257 g/mol. The highest BCUT2D eigenvalue weighted by atomic mass is 16.3. The molecule has 3 nitrogen and oxygen atoms in total. The lowest BCUT2D eigenvalue weighted by Gasteiger charge is -2.07. The number of hydrogen-bond acceptors (Lipinski definition) is 3. The van der Waals surface area contributed by atoms with E-state index in [1.54, 1.807) is 12.1 Å². The van der Waals surface area contributed by atoms with Gasteiger partial charge in [-0.1, -0.05) is 35.9 Å². The summed E-state index contributed by atoms with van der Waals surface area (Å²) in [6.07, 6.45) is 0.978. The van der Waals surface area contributed by atoms with Gasteiger partial charge in [-0.15, -0.1) is 0 Å². The first-order valence-corrected chi connectivity index (χ1v) is 6.42. The predicted octanol–water partition coefficient (Wildman–Crippen LogP) is 2.74. The van der Waals surface area contributed by atoms with Crippen molar-refractivity contribution in [1.82, 2.24) is 5.32 Å². The minimum absolute atomic E-state index is 0.0713. The second kappa shape index (κ2) is 6.25. The largest absolute Gasteiger partial charge is 0.504 e. The molecule has 0 saturated heterocycles. The van der Waals surface area contributed by atoms with Crippen LogP contribution in [0.4, 0.5) is 0 Å². The van der Waals surface area contributed by atoms with Crippen molar-refractivity contribution in [3.05, 3.63) is 59.2 Å². The standard InChI is InChI=1S/C16H19NO2/c1-12-3-2-4-13(9-12)7-8-17-11-14-5-6-15(18)16(19)10-14/h2-6,9-10,17-19H,7-8,11H2,1H3. The van der Waals surface area contributed by atoms with E-state index in [2.05, 4.69) is 36.5 Å². The van der Waals surface area contributed by atoms with Crippen molar-refractivity contribution < 1.29 is 10.2 Å². The molecule has 0 saturated carbocycles. The van der Waals surface area contributed by atoms with Crippen LogP contribution in [0.25, 0.3) is 0 Å². The monoisotopic (exact) mass is 257 g/mol. The van der Waals surface area contributed by atoms with E-state index in [0.29, 0.717) is 6.54 Å². The first-order valence-electron chi connectivity index (χ1n) is 6.42. The van der Waals surface area contributed by atoms with E-state index >= 15 is 0 Å². The Labute approximate surface area is 113 Å². The number of aryl methyl sites for hydroxylation is 1. The molecule has 2 aromatic carbocycles. The number of phenols is 2. The van der Waals surface area contributed by atoms with Crippen molar-refractivity contribution in [3.63, 3.8) is 0 Å². The van der Waals surface area contributed by atoms with E-state index in [9.17, 15) is 10.2 Å². The van der Waals surface area contributed by atoms with Crippen molar-refractivity contribution in [3.8, 4) is 11.5 Å². The quantitative estimate of drug-likeness (QED) is 0.570. The van der Waals surface area contributed by atoms with Gasteiger partial charge in [0, 0.05) is 6.54 Å². The number of phenolic OH excluding ortho intramolecular Hbond substituents is 2. The number of rotatable bonds is 5. The number of aromatic hydroxyl groups is 2. The summed E-state index contributed by atoms with van der Waals surface area (Å²) >= 11 is 0. The number of nitrogens with one attached hydrogen (secondary N) is 1. The van der Waals surface area contributed by atoms with Crippen LogP contribution in [0, 0.1) is 6.92 Å². The molecule has 0 aliphatic carbocycles. The van der Waals surface area contributed by atoms with Gasteiger partial charge in [-0.3, -0.25) is 0 Å². The third-order valence-corrected chi connectivity index (χ3v) is 3.04. The molecule has 0 heterocycles. The van der Waals surface area contributed by atoms with Gasteiger partial charge in [-0.25, -0.2) is 0 Å². The number of benzene rings is 2. The zero-order valence-electron chi connectivity index (χ0n) is 11.1. The van der Waals surface area contributed by atoms with E-state index in [0.717, 1.165) is 18.5 Å². The molecule has 3 N–H and O–H groups in total. The second-order valence-corrected chi connectivity index (χ2v) is 4.74. The Bertz CT molecular complexity index is 552. The van der Waals surface area contributed by atoms with Crippen LogP contribution in [0.15, 0.2) is 42.5 Å². The molecule has 2 aromatic rings. The maximum Gasteiger partial charge on any atom is 0.157 e. The molecule has 0 atom stereocenters. The normalized spacial score (nSPS) is 10.6. The summed E-state index contributed by atoms with van der Waals surface area (Å²) in [4.78, 5) is 0. The summed E-state index contributed by atoms with van der Waals surface area (Å²) in [6.45, 7) is 3.65. The molecular weight excluding hydrogens is 238 g/mol. The predicted molar refractivity (Wildman–Crippen MR) is 76.4 cm³/mol. The van der Waals surface area contributed by atoms with Crippen LogP contribution in [0.1, 0.15) is 16.7 Å². The van der Waals surface area contributed by atoms with Crippen molar-refractivity contribution in [2.24, 2.45) is 0 Å². The first-order chi connectivity index (χ1) is 9.15. The Morgan fingerprint density at radius 1 is 0.947 bits per heavy atom. The molecule has 0 fully saturated rings. The maximum atomic E-state index is 9.39. The van der Waals surface area contributed by atoms with Gasteiger partial charge in [0.2, 0.25) is 0 Å². The summed E-state index contributed by atoms with van der Waals surface area (Å²) in [5, 5.41) is 21.9. The summed E-state index contributed by atoms with van der Waals surface area (Å²) < 4.78 is 0. The molecule has 100 valence electrons. The minimum Gasteiger partial charge on any atom is -0.504 e. The Morgan fingerprint density at radius 2 is 1.79 bits per heavy atom. The molecule has 0 amide bonds. The SMILES string of the molecule is Cc1cccc(CCNCc2ccc(O)c(O)c2)c1. The third kappa shape index (κ3) is 4.00. The van der Waals surface area contributed by atoms with Gasteiger partial charge in [-0.2, -0.15) is 0 Å². The lowest BCUT2D eigenvalue weighted by atomic mass is 10.1. The van der Waals surface area contributed by atoms with Gasteiger partial charge in [0.05, 0.1) is 0 Å². The van der Waals surface area contributed by atoms with E-state index in [1.165, 1.54) is 17.2 Å². The van der Waals surface area contributed by atoms with Crippen LogP contribution < -0.4 is 5.32 Å². The van der Waals surface area contributed by atoms with Crippen LogP contribution in [-0.2, 0) is 13.0 Å². The van der Waals surface area contributed by atoms with Crippen LogP contribution in [0.5, 0.6) is 11.5 Å². The van der Waals surface area contributed by atoms with Crippen molar-refractivity contribution >= 4 is 0 Å². The average Bonchev–Trinajstić information content (AvgIpc) is 2.39. The highest BCUT2D eigenvalue weighted by Crippen LogP contribution is 2.24. The van der Waals surface area contributed by atoms with Crippen LogP contribution in [0.2, 0.25) is 0 Å². The molecule has 19 heavy (non-hydrogen) atoms. The highest BCUT2D eigenvalue weighted by molar-refractivity contribution is 5.40. The fraction of sp³-hybridized carbons (Fsp3) is 0.250. The summed E-state index contributed by atoms with van der Waals surface area (Å²) in [6, 6.07) is 13.4. The Morgan fingerprint density at radius 3 is 2.53 bits per heavy atom. The van der Waals surface area contributed by atoms with Gasteiger partial charge in [-0.05, 0) is 43.1 Å². The third-order valence-electron chi connectivity index (χ3n) is 3.04. The topological polar surface area (TPSA) is 52.5 Å². The molecule has 0 unspecified atom stereocenters. The zero-order chi connectivity index (χ0) is 13.7. The van der Waals surface area contributed by atoms with Crippen LogP contribution >= 0.6 is 0 Å². The molecule has 0 radical (unpaired) electrons. The maximum absolute atomic E-state index is 9.39. The van der Waals surface area contributed by atoms with Gasteiger partial charge in [0.1, 0.15) is 0 Å². The Kier molecular flexibility index (Phi) is 4.42. The van der Waals surface area contributed by atoms with E-state index in [1.807, 2.05) is 0 Å².